The molecule has 1 aliphatic heterocycles. The number of carbonyl (C=O) groups excluding carboxylic acids is 3. The second-order valence-corrected chi connectivity index (χ2v) is 9.87. The van der Waals surface area contributed by atoms with Crippen molar-refractivity contribution < 1.29 is 28.6 Å². The molecule has 200 valence electrons. The molecule has 2 aromatic rings. The van der Waals surface area contributed by atoms with Gasteiger partial charge in [0, 0.05) is 38.8 Å². The Morgan fingerprint density at radius 1 is 1.03 bits per heavy atom. The van der Waals surface area contributed by atoms with Crippen molar-refractivity contribution in [3.8, 4) is 5.75 Å². The molecule has 0 spiro atoms. The van der Waals surface area contributed by atoms with E-state index < -0.39 is 35.5 Å². The van der Waals surface area contributed by atoms with Crippen LogP contribution in [0.2, 0.25) is 10.0 Å². The third kappa shape index (κ3) is 5.05. The van der Waals surface area contributed by atoms with Crippen LogP contribution in [0.3, 0.4) is 0 Å². The maximum absolute atomic E-state index is 14.4. The fourth-order valence-corrected chi connectivity index (χ4v) is 5.85. The summed E-state index contributed by atoms with van der Waals surface area (Å²) in [6.45, 7) is 5.42. The molecule has 7 nitrogen and oxygen atoms in total. The Balaban J connectivity index is 1.95. The van der Waals surface area contributed by atoms with E-state index in [1.807, 2.05) is 18.2 Å². The average Bonchev–Trinajstić information content (AvgIpc) is 2.88. The van der Waals surface area contributed by atoms with Crippen LogP contribution < -0.4 is 10.1 Å². The van der Waals surface area contributed by atoms with Crippen molar-refractivity contribution in [2.45, 2.75) is 39.0 Å². The SMILES string of the molecule is CCOC(=O)C1=C(C)NC2=C(C(=O)C(C(=O)OCC)C(c3ccccc3OC)C2)C1c1ccc(Cl)cc1Cl. The van der Waals surface area contributed by atoms with E-state index in [0.29, 0.717) is 39.7 Å². The van der Waals surface area contributed by atoms with Gasteiger partial charge in [-0.15, -0.1) is 0 Å². The maximum Gasteiger partial charge on any atom is 0.336 e. The summed E-state index contributed by atoms with van der Waals surface area (Å²) in [4.78, 5) is 40.9. The summed E-state index contributed by atoms with van der Waals surface area (Å²) in [5, 5.41) is 3.98. The van der Waals surface area contributed by atoms with Crippen molar-refractivity contribution in [2.24, 2.45) is 5.92 Å². The minimum Gasteiger partial charge on any atom is -0.496 e. The number of benzene rings is 2. The molecule has 2 aliphatic rings. The lowest BCUT2D eigenvalue weighted by molar-refractivity contribution is -0.152. The molecule has 0 aromatic heterocycles. The number of ketones is 1. The third-order valence-electron chi connectivity index (χ3n) is 6.87. The van der Waals surface area contributed by atoms with E-state index in [0.717, 1.165) is 0 Å². The summed E-state index contributed by atoms with van der Waals surface area (Å²) in [5.74, 6) is -3.66. The summed E-state index contributed by atoms with van der Waals surface area (Å²) in [5.41, 5.74) is 2.91. The highest BCUT2D eigenvalue weighted by molar-refractivity contribution is 6.35. The van der Waals surface area contributed by atoms with Crippen LogP contribution >= 0.6 is 23.2 Å². The molecule has 0 amide bonds. The van der Waals surface area contributed by atoms with Gasteiger partial charge in [0.1, 0.15) is 11.7 Å². The summed E-state index contributed by atoms with van der Waals surface area (Å²) < 4.78 is 16.3. The van der Waals surface area contributed by atoms with Crippen molar-refractivity contribution >= 4 is 40.9 Å². The zero-order valence-electron chi connectivity index (χ0n) is 21.6. The molecule has 9 heteroatoms. The summed E-state index contributed by atoms with van der Waals surface area (Å²) >= 11 is 12.8. The zero-order valence-corrected chi connectivity index (χ0v) is 23.1. The molecule has 1 heterocycles. The van der Waals surface area contributed by atoms with Crippen LogP contribution in [0.15, 0.2) is 65.0 Å². The summed E-state index contributed by atoms with van der Waals surface area (Å²) in [6.07, 6.45) is 0.306. The highest BCUT2D eigenvalue weighted by atomic mass is 35.5. The van der Waals surface area contributed by atoms with Crippen molar-refractivity contribution in [2.75, 3.05) is 20.3 Å². The number of hydrogen-bond acceptors (Lipinski definition) is 7. The highest BCUT2D eigenvalue weighted by Gasteiger charge is 2.50. The number of esters is 2. The number of Topliss-reactive ketones (excluding diaryl/α,β-unsaturated/α-hetero) is 1. The van der Waals surface area contributed by atoms with Crippen molar-refractivity contribution in [1.29, 1.82) is 0 Å². The molecule has 0 bridgehead atoms. The van der Waals surface area contributed by atoms with Crippen LogP contribution in [0.25, 0.3) is 0 Å². The van der Waals surface area contributed by atoms with Gasteiger partial charge >= 0.3 is 11.9 Å². The fraction of sp³-hybridized carbons (Fsp3) is 0.345. The van der Waals surface area contributed by atoms with Gasteiger partial charge in [-0.1, -0.05) is 47.5 Å². The number of allylic oxidation sites excluding steroid dienone is 3. The third-order valence-corrected chi connectivity index (χ3v) is 7.43. The molecule has 1 aliphatic carbocycles. The van der Waals surface area contributed by atoms with E-state index >= 15 is 0 Å². The normalized spacial score (nSPS) is 21.0. The van der Waals surface area contributed by atoms with Crippen LogP contribution in [0, 0.1) is 5.92 Å². The standard InChI is InChI=1S/C29H29Cl2NO6/c1-5-37-28(34)23-15(3)32-21-14-19(17-9-7-8-10-22(17)36-4)25(29(35)38-6-2)27(33)26(21)24(23)18-12-11-16(30)13-20(18)31/h7-13,19,24-25,32H,5-6,14H2,1-4H3. The first-order valence-electron chi connectivity index (χ1n) is 12.4. The van der Waals surface area contributed by atoms with Gasteiger partial charge in [0.25, 0.3) is 0 Å². The molecule has 3 unspecified atom stereocenters. The Bertz CT molecular complexity index is 1350. The van der Waals surface area contributed by atoms with E-state index in [-0.39, 0.29) is 29.4 Å². The second kappa shape index (κ2) is 11.6. The van der Waals surface area contributed by atoms with Crippen LogP contribution in [0.5, 0.6) is 5.75 Å². The van der Waals surface area contributed by atoms with Gasteiger partial charge in [-0.05, 0) is 56.5 Å². The molecular formula is C29H29Cl2NO6. The first-order chi connectivity index (χ1) is 18.2. The minimum atomic E-state index is -1.15. The number of carbonyl (C=O) groups is 3. The van der Waals surface area contributed by atoms with Crippen molar-refractivity contribution in [3.63, 3.8) is 0 Å². The van der Waals surface area contributed by atoms with Gasteiger partial charge < -0.3 is 19.5 Å². The zero-order chi connectivity index (χ0) is 27.6. The number of dihydropyridines is 1. The van der Waals surface area contributed by atoms with Crippen LogP contribution in [-0.4, -0.2) is 38.0 Å². The Morgan fingerprint density at radius 2 is 1.74 bits per heavy atom. The molecule has 0 fully saturated rings. The first kappa shape index (κ1) is 27.7. The van der Waals surface area contributed by atoms with Gasteiger partial charge in [-0.25, -0.2) is 4.79 Å². The maximum atomic E-state index is 14.4. The van der Waals surface area contributed by atoms with Gasteiger partial charge in [0.15, 0.2) is 5.78 Å². The molecule has 4 rings (SSSR count). The smallest absolute Gasteiger partial charge is 0.336 e. The Kier molecular flexibility index (Phi) is 8.48. The van der Waals surface area contributed by atoms with Gasteiger partial charge in [0.2, 0.25) is 0 Å². The number of ether oxygens (including phenoxy) is 3. The van der Waals surface area contributed by atoms with Crippen LogP contribution in [0.4, 0.5) is 0 Å². The van der Waals surface area contributed by atoms with E-state index in [4.69, 9.17) is 37.4 Å². The molecular weight excluding hydrogens is 529 g/mol. The molecule has 0 radical (unpaired) electrons. The van der Waals surface area contributed by atoms with Crippen molar-refractivity contribution in [3.05, 3.63) is 86.2 Å². The molecule has 0 saturated heterocycles. The van der Waals surface area contributed by atoms with E-state index in [2.05, 4.69) is 5.32 Å². The molecule has 2 aromatic carbocycles. The van der Waals surface area contributed by atoms with E-state index in [1.165, 1.54) is 0 Å². The van der Waals surface area contributed by atoms with Gasteiger partial charge in [-0.2, -0.15) is 0 Å². The predicted octanol–water partition coefficient (Wildman–Crippen LogP) is 5.72. The average molecular weight is 558 g/mol. The van der Waals surface area contributed by atoms with Crippen molar-refractivity contribution in [1.82, 2.24) is 5.32 Å². The number of hydrogen-bond donors (Lipinski definition) is 1. The van der Waals surface area contributed by atoms with E-state index in [1.54, 1.807) is 52.1 Å². The largest absolute Gasteiger partial charge is 0.496 e. The lowest BCUT2D eigenvalue weighted by Gasteiger charge is -2.39. The molecule has 38 heavy (non-hydrogen) atoms. The lowest BCUT2D eigenvalue weighted by Crippen LogP contribution is -2.43. The number of rotatable bonds is 7. The second-order valence-electron chi connectivity index (χ2n) is 9.02. The Labute approximate surface area is 231 Å². The topological polar surface area (TPSA) is 90.9 Å². The summed E-state index contributed by atoms with van der Waals surface area (Å²) in [7, 11) is 1.55. The van der Waals surface area contributed by atoms with Crippen LogP contribution in [-0.2, 0) is 23.9 Å². The van der Waals surface area contributed by atoms with Gasteiger partial charge in [-0.3, -0.25) is 9.59 Å². The monoisotopic (exact) mass is 557 g/mol. The quantitative estimate of drug-likeness (QED) is 0.344. The number of para-hydroxylation sites is 1. The Morgan fingerprint density at radius 3 is 2.39 bits per heavy atom. The minimum absolute atomic E-state index is 0.116. The highest BCUT2D eigenvalue weighted by Crippen LogP contribution is 2.50. The number of nitrogens with one attached hydrogen (secondary N) is 1. The summed E-state index contributed by atoms with van der Waals surface area (Å²) in [6, 6.07) is 12.2. The van der Waals surface area contributed by atoms with Gasteiger partial charge in [0.05, 0.1) is 25.9 Å². The molecule has 0 saturated carbocycles. The predicted molar refractivity (Wildman–Crippen MR) is 144 cm³/mol. The Hall–Kier alpha value is -3.29. The number of methoxy groups -OCH3 is 1. The first-order valence-corrected chi connectivity index (χ1v) is 13.2. The number of halogens is 2. The molecule has 3 atom stereocenters. The lowest BCUT2D eigenvalue weighted by atomic mass is 9.67. The van der Waals surface area contributed by atoms with Crippen LogP contribution in [0.1, 0.15) is 50.2 Å². The molecule has 1 N–H and O–H groups in total. The fourth-order valence-electron chi connectivity index (χ4n) is 5.33. The van der Waals surface area contributed by atoms with E-state index in [9.17, 15) is 14.4 Å².